The van der Waals surface area contributed by atoms with Gasteiger partial charge in [0.2, 0.25) is 5.95 Å². The third-order valence-corrected chi connectivity index (χ3v) is 4.66. The first-order valence-electron chi connectivity index (χ1n) is 8.24. The lowest BCUT2D eigenvalue weighted by atomic mass is 9.87. The summed E-state index contributed by atoms with van der Waals surface area (Å²) in [6.45, 7) is 3.74. The highest BCUT2D eigenvalue weighted by Crippen LogP contribution is 2.34. The number of imidazole rings is 1. The van der Waals surface area contributed by atoms with E-state index in [0.717, 1.165) is 25.2 Å². The quantitative estimate of drug-likeness (QED) is 0.924. The zero-order chi connectivity index (χ0) is 17.1. The Morgan fingerprint density at radius 3 is 2.92 bits per heavy atom. The van der Waals surface area contributed by atoms with Crippen molar-refractivity contribution in [2.45, 2.75) is 25.8 Å². The topological polar surface area (TPSA) is 82.7 Å². The largest absolute Gasteiger partial charge is 0.354 e. The first-order valence-corrected chi connectivity index (χ1v) is 8.24. The van der Waals surface area contributed by atoms with Gasteiger partial charge in [0, 0.05) is 25.5 Å². The van der Waals surface area contributed by atoms with Gasteiger partial charge in [-0.25, -0.2) is 15.0 Å². The molecule has 1 aliphatic rings. The molecular weight excluding hydrogens is 302 g/mol. The molecule has 3 heterocycles. The Bertz CT molecular complexity index is 746. The Morgan fingerprint density at radius 2 is 2.21 bits per heavy atom. The Kier molecular flexibility index (Phi) is 4.76. The number of nitrogens with zero attached hydrogens (tertiary/aromatic N) is 6. The Balaban J connectivity index is 1.76. The number of hydrogen-bond acceptors (Lipinski definition) is 6. The minimum atomic E-state index is 0.319. The molecule has 7 heteroatoms. The second kappa shape index (κ2) is 6.97. The smallest absolute Gasteiger partial charge is 0.224 e. The lowest BCUT2D eigenvalue weighted by molar-refractivity contribution is 0.122. The first kappa shape index (κ1) is 16.4. The molecule has 0 aliphatic carbocycles. The van der Waals surface area contributed by atoms with Crippen molar-refractivity contribution in [3.63, 3.8) is 0 Å². The van der Waals surface area contributed by atoms with Crippen molar-refractivity contribution in [2.24, 2.45) is 13.0 Å². The van der Waals surface area contributed by atoms with Crippen molar-refractivity contribution in [2.75, 3.05) is 25.5 Å². The Morgan fingerprint density at radius 1 is 1.38 bits per heavy atom. The summed E-state index contributed by atoms with van der Waals surface area (Å²) in [5.74, 6) is 0.970. The zero-order valence-corrected chi connectivity index (χ0v) is 14.4. The minimum absolute atomic E-state index is 0.319. The number of aryl methyl sites for hydroxylation is 2. The molecule has 1 aliphatic heterocycles. The summed E-state index contributed by atoms with van der Waals surface area (Å²) in [6.07, 6.45) is 6.13. The summed E-state index contributed by atoms with van der Waals surface area (Å²) < 4.78 is 2.09. The molecule has 1 N–H and O–H groups in total. The van der Waals surface area contributed by atoms with Gasteiger partial charge in [-0.1, -0.05) is 0 Å². The monoisotopic (exact) mass is 325 g/mol. The van der Waals surface area contributed by atoms with E-state index in [1.54, 1.807) is 6.07 Å². The van der Waals surface area contributed by atoms with Crippen molar-refractivity contribution in [3.8, 4) is 6.07 Å². The van der Waals surface area contributed by atoms with E-state index in [0.29, 0.717) is 23.6 Å². The van der Waals surface area contributed by atoms with Gasteiger partial charge >= 0.3 is 0 Å². The van der Waals surface area contributed by atoms with Gasteiger partial charge < -0.3 is 9.88 Å². The van der Waals surface area contributed by atoms with Crippen LogP contribution in [0, 0.1) is 24.2 Å². The fraction of sp³-hybridized carbons (Fsp3) is 0.529. The number of piperidine rings is 1. The van der Waals surface area contributed by atoms with Crippen LogP contribution < -0.4 is 5.32 Å². The number of rotatable bonds is 4. The van der Waals surface area contributed by atoms with Crippen LogP contribution in [0.4, 0.5) is 5.95 Å². The minimum Gasteiger partial charge on any atom is -0.354 e. The molecule has 7 nitrogen and oxygen atoms in total. The summed E-state index contributed by atoms with van der Waals surface area (Å²) in [4.78, 5) is 15.3. The van der Waals surface area contributed by atoms with Crippen LogP contribution in [-0.4, -0.2) is 44.6 Å². The van der Waals surface area contributed by atoms with E-state index in [1.807, 2.05) is 26.5 Å². The van der Waals surface area contributed by atoms with Crippen LogP contribution in [-0.2, 0) is 7.05 Å². The van der Waals surface area contributed by atoms with Crippen molar-refractivity contribution < 1.29 is 0 Å². The van der Waals surface area contributed by atoms with Gasteiger partial charge in [0.25, 0.3) is 0 Å². The Hall–Kier alpha value is -2.46. The van der Waals surface area contributed by atoms with E-state index in [4.69, 9.17) is 5.26 Å². The fourth-order valence-electron chi connectivity index (χ4n) is 3.52. The van der Waals surface area contributed by atoms with E-state index in [9.17, 15) is 0 Å². The molecule has 24 heavy (non-hydrogen) atoms. The van der Waals surface area contributed by atoms with Crippen molar-refractivity contribution in [3.05, 3.63) is 35.7 Å². The Labute approximate surface area is 142 Å². The lowest BCUT2D eigenvalue weighted by Crippen LogP contribution is -2.40. The molecule has 0 radical (unpaired) electrons. The molecule has 0 amide bonds. The number of nitrogens with one attached hydrogen (secondary N) is 1. The summed E-state index contributed by atoms with van der Waals surface area (Å²) in [6, 6.07) is 4.09. The van der Waals surface area contributed by atoms with Crippen LogP contribution in [0.15, 0.2) is 18.6 Å². The molecule has 2 atom stereocenters. The van der Waals surface area contributed by atoms with Gasteiger partial charge in [0.15, 0.2) is 0 Å². The molecule has 126 valence electrons. The maximum Gasteiger partial charge on any atom is 0.224 e. The molecule has 2 aromatic rings. The fourth-order valence-corrected chi connectivity index (χ4v) is 3.52. The van der Waals surface area contributed by atoms with E-state index >= 15 is 0 Å². The van der Waals surface area contributed by atoms with Crippen LogP contribution in [0.1, 0.15) is 36.0 Å². The van der Waals surface area contributed by atoms with Gasteiger partial charge in [0.1, 0.15) is 11.8 Å². The third-order valence-electron chi connectivity index (χ3n) is 4.66. The van der Waals surface area contributed by atoms with Crippen molar-refractivity contribution in [1.29, 1.82) is 5.26 Å². The molecule has 1 fully saturated rings. The predicted molar refractivity (Wildman–Crippen MR) is 91.3 cm³/mol. The highest BCUT2D eigenvalue weighted by molar-refractivity contribution is 5.33. The molecule has 2 aromatic heterocycles. The second-order valence-corrected chi connectivity index (χ2v) is 6.47. The van der Waals surface area contributed by atoms with E-state index in [-0.39, 0.29) is 0 Å². The van der Waals surface area contributed by atoms with Gasteiger partial charge in [-0.2, -0.15) is 5.26 Å². The predicted octanol–water partition coefficient (Wildman–Crippen LogP) is 1.89. The van der Waals surface area contributed by atoms with Crippen molar-refractivity contribution >= 4 is 5.95 Å². The van der Waals surface area contributed by atoms with Crippen LogP contribution >= 0.6 is 0 Å². The van der Waals surface area contributed by atoms with Crippen LogP contribution in [0.5, 0.6) is 0 Å². The SMILES string of the molecule is Cc1cc(C#N)nc(NC[C@@H]2CCCN(C)[C@H]2c2cncn2C)n1. The van der Waals surface area contributed by atoms with Crippen molar-refractivity contribution in [1.82, 2.24) is 24.4 Å². The maximum absolute atomic E-state index is 9.05. The van der Waals surface area contributed by atoms with Crippen LogP contribution in [0.25, 0.3) is 0 Å². The normalized spacial score (nSPS) is 21.4. The number of nitriles is 1. The van der Waals surface area contributed by atoms with Gasteiger partial charge in [-0.3, -0.25) is 4.90 Å². The van der Waals surface area contributed by atoms with Gasteiger partial charge in [-0.05, 0) is 45.3 Å². The van der Waals surface area contributed by atoms with E-state index in [2.05, 4.69) is 42.9 Å². The molecule has 0 saturated carbocycles. The first-order chi connectivity index (χ1) is 11.6. The molecule has 1 saturated heterocycles. The van der Waals surface area contributed by atoms with Crippen LogP contribution in [0.2, 0.25) is 0 Å². The van der Waals surface area contributed by atoms with Crippen LogP contribution in [0.3, 0.4) is 0 Å². The molecule has 0 bridgehead atoms. The molecular formula is C17H23N7. The highest BCUT2D eigenvalue weighted by Gasteiger charge is 2.32. The van der Waals surface area contributed by atoms with Gasteiger partial charge in [-0.15, -0.1) is 0 Å². The number of anilines is 1. The highest BCUT2D eigenvalue weighted by atomic mass is 15.2. The molecule has 0 spiro atoms. The summed E-state index contributed by atoms with van der Waals surface area (Å²) >= 11 is 0. The van der Waals surface area contributed by atoms with E-state index in [1.165, 1.54) is 12.1 Å². The molecule has 0 aromatic carbocycles. The second-order valence-electron chi connectivity index (χ2n) is 6.47. The standard InChI is InChI=1S/C17H23N7/c1-12-7-14(8-18)22-17(21-12)20-9-13-5-4-6-23(2)16(13)15-10-19-11-24(15)3/h7,10-11,13,16H,4-6,9H2,1-3H3,(H,20,21,22)/t13-,16+/m0/s1. The number of hydrogen-bond donors (Lipinski definition) is 1. The summed E-state index contributed by atoms with van der Waals surface area (Å²) in [5, 5.41) is 12.4. The average molecular weight is 325 g/mol. The zero-order valence-electron chi connectivity index (χ0n) is 14.4. The number of likely N-dealkylation sites (tertiary alicyclic amines) is 1. The number of aromatic nitrogens is 4. The van der Waals surface area contributed by atoms with E-state index < -0.39 is 0 Å². The summed E-state index contributed by atoms with van der Waals surface area (Å²) in [5.41, 5.74) is 2.42. The van der Waals surface area contributed by atoms with Gasteiger partial charge in [0.05, 0.1) is 18.1 Å². The average Bonchev–Trinajstić information content (AvgIpc) is 2.98. The lowest BCUT2D eigenvalue weighted by Gasteiger charge is -2.39. The molecule has 3 rings (SSSR count). The summed E-state index contributed by atoms with van der Waals surface area (Å²) in [7, 11) is 4.21. The maximum atomic E-state index is 9.05. The third kappa shape index (κ3) is 3.39. The molecule has 0 unspecified atom stereocenters.